The molecule has 0 fully saturated rings. The summed E-state index contributed by atoms with van der Waals surface area (Å²) in [6, 6.07) is 7.43. The molecule has 0 aliphatic heterocycles. The highest BCUT2D eigenvalue weighted by molar-refractivity contribution is 9.09. The maximum atomic E-state index is 5.77. The van der Waals surface area contributed by atoms with E-state index >= 15 is 0 Å². The highest BCUT2D eigenvalue weighted by Crippen LogP contribution is 2.21. The summed E-state index contributed by atoms with van der Waals surface area (Å²) in [5, 5.41) is 1.66. The molecule has 0 bridgehead atoms. The van der Waals surface area contributed by atoms with Crippen molar-refractivity contribution in [3.05, 3.63) is 29.3 Å². The van der Waals surface area contributed by atoms with Gasteiger partial charge in [0.2, 0.25) is 0 Å². The third-order valence-corrected chi connectivity index (χ3v) is 3.57. The Bertz CT molecular complexity index is 282. The van der Waals surface area contributed by atoms with Crippen molar-refractivity contribution in [2.75, 3.05) is 11.9 Å². The van der Waals surface area contributed by atoms with Gasteiger partial charge < -0.3 is 4.74 Å². The van der Waals surface area contributed by atoms with Gasteiger partial charge in [-0.05, 0) is 24.3 Å². The van der Waals surface area contributed by atoms with Crippen LogP contribution < -0.4 is 4.74 Å². The number of hydrogen-bond acceptors (Lipinski definition) is 1. The molecule has 0 unspecified atom stereocenters. The third kappa shape index (κ3) is 3.89. The average Bonchev–Trinajstić information content (AvgIpc) is 2.17. The van der Waals surface area contributed by atoms with Crippen molar-refractivity contribution in [1.29, 1.82) is 0 Å². The Balaban J connectivity index is 2.50. The Morgan fingerprint density at radius 3 is 2.36 bits per heavy atom. The number of benzene rings is 1. The summed E-state index contributed by atoms with van der Waals surface area (Å²) in [6.45, 7) is 5.00. The summed E-state index contributed by atoms with van der Waals surface area (Å²) in [7, 11) is 0. The Kier molecular flexibility index (Phi) is 4.27. The molecule has 0 aliphatic carbocycles. The van der Waals surface area contributed by atoms with E-state index in [2.05, 4.69) is 29.8 Å². The van der Waals surface area contributed by atoms with Crippen LogP contribution in [0, 0.1) is 5.41 Å². The predicted octanol–water partition coefficient (Wildman–Crippen LogP) is 4.14. The first-order valence-electron chi connectivity index (χ1n) is 4.48. The summed E-state index contributed by atoms with van der Waals surface area (Å²) in [4.78, 5) is 0. The van der Waals surface area contributed by atoms with Crippen LogP contribution in [0.15, 0.2) is 24.3 Å². The smallest absolute Gasteiger partial charge is 0.119 e. The topological polar surface area (TPSA) is 9.23 Å². The van der Waals surface area contributed by atoms with E-state index < -0.39 is 0 Å². The van der Waals surface area contributed by atoms with Crippen molar-refractivity contribution in [1.82, 2.24) is 0 Å². The first-order valence-corrected chi connectivity index (χ1v) is 5.98. The van der Waals surface area contributed by atoms with Crippen molar-refractivity contribution in [3.63, 3.8) is 0 Å². The molecule has 0 spiro atoms. The maximum absolute atomic E-state index is 5.77. The Morgan fingerprint density at radius 1 is 1.29 bits per heavy atom. The number of ether oxygens (including phenoxy) is 1. The SMILES string of the molecule is CC(C)(CBr)COc1ccc(Cl)cc1. The standard InChI is InChI=1S/C11H14BrClO/c1-11(2,7-12)8-14-10-5-3-9(13)4-6-10/h3-6H,7-8H2,1-2H3. The van der Waals surface area contributed by atoms with Gasteiger partial charge in [0.1, 0.15) is 5.75 Å². The molecule has 14 heavy (non-hydrogen) atoms. The normalized spacial score (nSPS) is 11.4. The van der Waals surface area contributed by atoms with E-state index in [1.165, 1.54) is 0 Å². The van der Waals surface area contributed by atoms with Crippen LogP contribution in [0.1, 0.15) is 13.8 Å². The zero-order chi connectivity index (χ0) is 10.6. The lowest BCUT2D eigenvalue weighted by molar-refractivity contribution is 0.203. The second-order valence-corrected chi connectivity index (χ2v) is 5.04. The Morgan fingerprint density at radius 2 is 1.86 bits per heavy atom. The minimum absolute atomic E-state index is 0.152. The monoisotopic (exact) mass is 276 g/mol. The number of rotatable bonds is 4. The molecule has 0 N–H and O–H groups in total. The van der Waals surface area contributed by atoms with E-state index in [0.29, 0.717) is 6.61 Å². The van der Waals surface area contributed by atoms with Crippen LogP contribution in [0.2, 0.25) is 5.02 Å². The lowest BCUT2D eigenvalue weighted by Crippen LogP contribution is -2.22. The molecule has 0 saturated heterocycles. The van der Waals surface area contributed by atoms with Gasteiger partial charge in [-0.3, -0.25) is 0 Å². The number of hydrogen-bond donors (Lipinski definition) is 0. The molecule has 1 aromatic carbocycles. The van der Waals surface area contributed by atoms with Crippen molar-refractivity contribution < 1.29 is 4.74 Å². The van der Waals surface area contributed by atoms with Gasteiger partial charge >= 0.3 is 0 Å². The number of halogens is 2. The molecule has 0 atom stereocenters. The van der Waals surface area contributed by atoms with Gasteiger partial charge in [0, 0.05) is 15.8 Å². The Labute approximate surface area is 98.5 Å². The van der Waals surface area contributed by atoms with E-state index in [4.69, 9.17) is 16.3 Å². The van der Waals surface area contributed by atoms with Crippen LogP contribution in [0.25, 0.3) is 0 Å². The van der Waals surface area contributed by atoms with Gasteiger partial charge in [-0.15, -0.1) is 0 Å². The largest absolute Gasteiger partial charge is 0.493 e. The molecule has 78 valence electrons. The van der Waals surface area contributed by atoms with Crippen LogP contribution in [0.3, 0.4) is 0 Å². The van der Waals surface area contributed by atoms with E-state index in [1.807, 2.05) is 24.3 Å². The van der Waals surface area contributed by atoms with Crippen LogP contribution >= 0.6 is 27.5 Å². The molecule has 0 radical (unpaired) electrons. The Hall–Kier alpha value is -0.210. The zero-order valence-electron chi connectivity index (χ0n) is 8.39. The molecule has 1 rings (SSSR count). The quantitative estimate of drug-likeness (QED) is 0.752. The summed E-state index contributed by atoms with van der Waals surface area (Å²) in [5.41, 5.74) is 0.152. The maximum Gasteiger partial charge on any atom is 0.119 e. The van der Waals surface area contributed by atoms with E-state index in [-0.39, 0.29) is 5.41 Å². The predicted molar refractivity (Wildman–Crippen MR) is 64.5 cm³/mol. The third-order valence-electron chi connectivity index (χ3n) is 1.80. The molecule has 0 saturated carbocycles. The molecule has 0 aliphatic rings. The lowest BCUT2D eigenvalue weighted by Gasteiger charge is -2.21. The second kappa shape index (κ2) is 5.04. The molecular formula is C11H14BrClO. The fourth-order valence-electron chi connectivity index (χ4n) is 0.848. The van der Waals surface area contributed by atoms with Crippen LogP contribution in [0.5, 0.6) is 5.75 Å². The summed E-state index contributed by atoms with van der Waals surface area (Å²) in [6.07, 6.45) is 0. The second-order valence-electron chi connectivity index (χ2n) is 4.04. The minimum atomic E-state index is 0.152. The van der Waals surface area contributed by atoms with Gasteiger partial charge in [-0.2, -0.15) is 0 Å². The van der Waals surface area contributed by atoms with Crippen molar-refractivity contribution in [3.8, 4) is 5.75 Å². The van der Waals surface area contributed by atoms with E-state index in [9.17, 15) is 0 Å². The molecule has 1 nitrogen and oxygen atoms in total. The average molecular weight is 278 g/mol. The summed E-state index contributed by atoms with van der Waals surface area (Å²) in [5.74, 6) is 0.864. The minimum Gasteiger partial charge on any atom is -0.493 e. The summed E-state index contributed by atoms with van der Waals surface area (Å²) < 4.78 is 5.63. The van der Waals surface area contributed by atoms with Crippen LogP contribution in [-0.4, -0.2) is 11.9 Å². The molecule has 0 amide bonds. The highest BCUT2D eigenvalue weighted by atomic mass is 79.9. The fraction of sp³-hybridized carbons (Fsp3) is 0.455. The fourth-order valence-corrected chi connectivity index (χ4v) is 1.14. The van der Waals surface area contributed by atoms with Crippen molar-refractivity contribution in [2.45, 2.75) is 13.8 Å². The molecule has 1 aromatic rings. The van der Waals surface area contributed by atoms with Gasteiger partial charge in [0.05, 0.1) is 6.61 Å². The van der Waals surface area contributed by atoms with E-state index in [1.54, 1.807) is 0 Å². The van der Waals surface area contributed by atoms with Crippen molar-refractivity contribution >= 4 is 27.5 Å². The first kappa shape index (κ1) is 11.9. The number of alkyl halides is 1. The van der Waals surface area contributed by atoms with Crippen LogP contribution in [0.4, 0.5) is 0 Å². The van der Waals surface area contributed by atoms with E-state index in [0.717, 1.165) is 16.1 Å². The molecule has 3 heteroatoms. The highest BCUT2D eigenvalue weighted by Gasteiger charge is 2.16. The lowest BCUT2D eigenvalue weighted by atomic mass is 9.98. The van der Waals surface area contributed by atoms with Gasteiger partial charge in [0.25, 0.3) is 0 Å². The van der Waals surface area contributed by atoms with Gasteiger partial charge in [-0.25, -0.2) is 0 Å². The molecular weight excluding hydrogens is 263 g/mol. The zero-order valence-corrected chi connectivity index (χ0v) is 10.7. The molecule has 0 aromatic heterocycles. The van der Waals surface area contributed by atoms with Gasteiger partial charge in [-0.1, -0.05) is 41.4 Å². The first-order chi connectivity index (χ1) is 6.53. The van der Waals surface area contributed by atoms with Crippen molar-refractivity contribution in [2.24, 2.45) is 5.41 Å². The van der Waals surface area contributed by atoms with Crippen LogP contribution in [-0.2, 0) is 0 Å². The summed E-state index contributed by atoms with van der Waals surface area (Å²) >= 11 is 9.22. The van der Waals surface area contributed by atoms with Gasteiger partial charge in [0.15, 0.2) is 0 Å². The molecule has 0 heterocycles.